The van der Waals surface area contributed by atoms with E-state index in [1.165, 1.54) is 16.7 Å². The van der Waals surface area contributed by atoms with Gasteiger partial charge in [0, 0.05) is 17.4 Å². The molecule has 2 aromatic rings. The number of nitrogens with one attached hydrogen (secondary N) is 1. The molecular formula is C21H17BrN2O2S2. The first-order chi connectivity index (χ1) is 13.5. The normalized spacial score (nSPS) is 15.6. The van der Waals surface area contributed by atoms with E-state index < -0.39 is 0 Å². The number of thiocarbonyl (C=S) groups is 1. The van der Waals surface area contributed by atoms with Crippen molar-refractivity contribution in [3.63, 3.8) is 0 Å². The van der Waals surface area contributed by atoms with Crippen LogP contribution in [0, 0.1) is 0 Å². The van der Waals surface area contributed by atoms with E-state index in [2.05, 4.69) is 21.2 Å². The van der Waals surface area contributed by atoms with Crippen LogP contribution in [-0.4, -0.2) is 27.6 Å². The molecule has 0 radical (unpaired) electrons. The molecule has 1 N–H and O–H groups in total. The third-order valence-corrected chi connectivity index (χ3v) is 6.01. The maximum absolute atomic E-state index is 12.6. The van der Waals surface area contributed by atoms with Crippen LogP contribution in [0.3, 0.4) is 0 Å². The molecule has 0 bridgehead atoms. The van der Waals surface area contributed by atoms with E-state index in [9.17, 15) is 9.59 Å². The molecule has 1 aliphatic rings. The van der Waals surface area contributed by atoms with Gasteiger partial charge in [-0.05, 0) is 39.7 Å². The fourth-order valence-electron chi connectivity index (χ4n) is 2.51. The third-order valence-electron chi connectivity index (χ3n) is 3.92. The molecule has 3 rings (SSSR count). The Bertz CT molecular complexity index is 958. The molecule has 0 atom stereocenters. The fraction of sp³-hybridized carbons (Fsp3) is 0.0952. The van der Waals surface area contributed by atoms with Gasteiger partial charge in [-0.2, -0.15) is 0 Å². The molecule has 7 heteroatoms. The van der Waals surface area contributed by atoms with Gasteiger partial charge in [0.15, 0.2) is 0 Å². The Hall–Kier alpha value is -2.22. The van der Waals surface area contributed by atoms with Crippen molar-refractivity contribution in [2.24, 2.45) is 0 Å². The van der Waals surface area contributed by atoms with Crippen molar-refractivity contribution in [1.82, 2.24) is 4.90 Å². The summed E-state index contributed by atoms with van der Waals surface area (Å²) in [4.78, 5) is 26.8. The average Bonchev–Trinajstić information content (AvgIpc) is 2.96. The van der Waals surface area contributed by atoms with E-state index in [1.807, 2.05) is 66.7 Å². The number of carbonyl (C=O) groups is 2. The van der Waals surface area contributed by atoms with E-state index in [-0.39, 0.29) is 24.8 Å². The lowest BCUT2D eigenvalue weighted by Crippen LogP contribution is -2.31. The molecule has 28 heavy (non-hydrogen) atoms. The molecule has 0 spiro atoms. The topological polar surface area (TPSA) is 49.4 Å². The van der Waals surface area contributed by atoms with Gasteiger partial charge in [-0.15, -0.1) is 0 Å². The maximum Gasteiger partial charge on any atom is 0.266 e. The zero-order chi connectivity index (χ0) is 19.9. The van der Waals surface area contributed by atoms with Crippen LogP contribution in [0.15, 0.2) is 76.1 Å². The zero-order valence-electron chi connectivity index (χ0n) is 14.8. The van der Waals surface area contributed by atoms with Crippen LogP contribution in [0.1, 0.15) is 12.0 Å². The van der Waals surface area contributed by atoms with Gasteiger partial charge < -0.3 is 5.32 Å². The largest absolute Gasteiger partial charge is 0.325 e. The minimum absolute atomic E-state index is 0.165. The van der Waals surface area contributed by atoms with Crippen LogP contribution in [0.25, 0.3) is 6.08 Å². The van der Waals surface area contributed by atoms with Crippen LogP contribution < -0.4 is 5.32 Å². The van der Waals surface area contributed by atoms with Crippen molar-refractivity contribution >= 4 is 67.8 Å². The number of amides is 2. The average molecular weight is 473 g/mol. The number of halogens is 1. The molecule has 0 saturated carbocycles. The van der Waals surface area contributed by atoms with Gasteiger partial charge in [-0.3, -0.25) is 14.5 Å². The fourth-order valence-corrected chi connectivity index (χ4v) is 4.15. The van der Waals surface area contributed by atoms with Crippen LogP contribution in [0.2, 0.25) is 0 Å². The molecule has 1 fully saturated rings. The van der Waals surface area contributed by atoms with Gasteiger partial charge in [-0.25, -0.2) is 0 Å². The standard InChI is InChI=1S/C21H17BrN2O2S2/c22-16-10-4-5-11-17(16)23-19(25)13-14-24-20(26)18(28-21(24)27)12-6-9-15-7-2-1-3-8-15/h1-12H,13-14H2,(H,23,25). The lowest BCUT2D eigenvalue weighted by molar-refractivity contribution is -0.122. The first kappa shape index (κ1) is 20.5. The Labute approximate surface area is 181 Å². The first-order valence-corrected chi connectivity index (χ1v) is 10.6. The number of rotatable bonds is 6. The van der Waals surface area contributed by atoms with Crippen LogP contribution in [-0.2, 0) is 9.59 Å². The summed E-state index contributed by atoms with van der Waals surface area (Å²) < 4.78 is 1.28. The number of allylic oxidation sites excluding steroid dienone is 2. The number of nitrogens with zero attached hydrogens (tertiary/aromatic N) is 1. The molecule has 0 aromatic heterocycles. The summed E-state index contributed by atoms with van der Waals surface area (Å²) >= 11 is 9.95. The Morgan fingerprint density at radius 2 is 1.86 bits per heavy atom. The highest BCUT2D eigenvalue weighted by molar-refractivity contribution is 9.10. The predicted molar refractivity (Wildman–Crippen MR) is 123 cm³/mol. The molecule has 1 heterocycles. The molecule has 1 saturated heterocycles. The maximum atomic E-state index is 12.6. The molecule has 142 valence electrons. The Kier molecular flexibility index (Phi) is 7.19. The molecule has 1 aliphatic heterocycles. The number of benzene rings is 2. The van der Waals surface area contributed by atoms with E-state index >= 15 is 0 Å². The Balaban J connectivity index is 1.56. The number of carbonyl (C=O) groups excluding carboxylic acids is 2. The van der Waals surface area contributed by atoms with E-state index in [0.29, 0.717) is 14.9 Å². The quantitative estimate of drug-likeness (QED) is 0.461. The van der Waals surface area contributed by atoms with Crippen molar-refractivity contribution in [3.05, 3.63) is 81.7 Å². The summed E-state index contributed by atoms with van der Waals surface area (Å²) in [6, 6.07) is 17.2. The molecule has 4 nitrogen and oxygen atoms in total. The highest BCUT2D eigenvalue weighted by Crippen LogP contribution is 2.31. The van der Waals surface area contributed by atoms with Crippen molar-refractivity contribution in [3.8, 4) is 0 Å². The van der Waals surface area contributed by atoms with E-state index in [4.69, 9.17) is 12.2 Å². The lowest BCUT2D eigenvalue weighted by Gasteiger charge is -2.14. The number of thioether (sulfide) groups is 1. The van der Waals surface area contributed by atoms with Crippen molar-refractivity contribution < 1.29 is 9.59 Å². The molecular weight excluding hydrogens is 456 g/mol. The zero-order valence-corrected chi connectivity index (χ0v) is 18.0. The number of anilines is 1. The van der Waals surface area contributed by atoms with Crippen molar-refractivity contribution in [2.75, 3.05) is 11.9 Å². The summed E-state index contributed by atoms with van der Waals surface area (Å²) in [7, 11) is 0. The number of hydrogen-bond donors (Lipinski definition) is 1. The summed E-state index contributed by atoms with van der Waals surface area (Å²) in [5.74, 6) is -0.338. The summed E-state index contributed by atoms with van der Waals surface area (Å²) in [6.45, 7) is 0.251. The van der Waals surface area contributed by atoms with Crippen molar-refractivity contribution in [2.45, 2.75) is 6.42 Å². The van der Waals surface area contributed by atoms with Gasteiger partial charge >= 0.3 is 0 Å². The second kappa shape index (κ2) is 9.82. The summed E-state index contributed by atoms with van der Waals surface area (Å²) in [6.07, 6.45) is 5.69. The smallest absolute Gasteiger partial charge is 0.266 e. The second-order valence-corrected chi connectivity index (χ2v) is 8.43. The van der Waals surface area contributed by atoms with E-state index in [1.54, 1.807) is 6.08 Å². The highest BCUT2D eigenvalue weighted by Gasteiger charge is 2.31. The third kappa shape index (κ3) is 5.41. The summed E-state index contributed by atoms with van der Waals surface area (Å²) in [5, 5.41) is 2.83. The molecule has 2 aromatic carbocycles. The highest BCUT2D eigenvalue weighted by atomic mass is 79.9. The Morgan fingerprint density at radius 1 is 1.14 bits per heavy atom. The first-order valence-electron chi connectivity index (χ1n) is 8.56. The predicted octanol–water partition coefficient (Wildman–Crippen LogP) is 5.24. The van der Waals surface area contributed by atoms with Gasteiger partial charge in [0.1, 0.15) is 4.32 Å². The van der Waals surface area contributed by atoms with Crippen molar-refractivity contribution in [1.29, 1.82) is 0 Å². The second-order valence-electron chi connectivity index (χ2n) is 5.90. The van der Waals surface area contributed by atoms with Crippen LogP contribution >= 0.6 is 39.9 Å². The summed E-state index contributed by atoms with van der Waals surface area (Å²) in [5.41, 5.74) is 1.75. The van der Waals surface area contributed by atoms with Gasteiger partial charge in [0.25, 0.3) is 5.91 Å². The van der Waals surface area contributed by atoms with Gasteiger partial charge in [0.05, 0.1) is 10.6 Å². The van der Waals surface area contributed by atoms with Gasteiger partial charge in [-0.1, -0.05) is 78.6 Å². The minimum atomic E-state index is -0.172. The lowest BCUT2D eigenvalue weighted by atomic mass is 10.2. The van der Waals surface area contributed by atoms with E-state index in [0.717, 1.165) is 10.0 Å². The molecule has 2 amide bonds. The van der Waals surface area contributed by atoms with Crippen LogP contribution in [0.4, 0.5) is 5.69 Å². The minimum Gasteiger partial charge on any atom is -0.325 e. The number of hydrogen-bond acceptors (Lipinski definition) is 4. The van der Waals surface area contributed by atoms with Crippen LogP contribution in [0.5, 0.6) is 0 Å². The Morgan fingerprint density at radius 3 is 2.61 bits per heavy atom. The number of para-hydroxylation sites is 1. The molecule has 0 aliphatic carbocycles. The monoisotopic (exact) mass is 472 g/mol. The molecule has 0 unspecified atom stereocenters. The van der Waals surface area contributed by atoms with Gasteiger partial charge in [0.2, 0.25) is 5.91 Å². The SMILES string of the molecule is O=C(CCN1C(=O)C(=CC=Cc2ccccc2)SC1=S)Nc1ccccc1Br.